The Kier molecular flexibility index (Phi) is 5.29. The third-order valence-corrected chi connectivity index (χ3v) is 4.47. The predicted molar refractivity (Wildman–Crippen MR) is 96.6 cm³/mol. The molecular weight excluding hydrogens is 356 g/mol. The SMILES string of the molecule is C[C@@H]([NH2+][C@H](C)c1ccccc1Cl)c1nnc(-c2ccc([N+](=O)[O-])cc2)o1. The number of nitro benzene ring substituents is 1. The first-order valence-corrected chi connectivity index (χ1v) is 8.51. The summed E-state index contributed by atoms with van der Waals surface area (Å²) in [4.78, 5) is 10.3. The Morgan fingerprint density at radius 2 is 1.77 bits per heavy atom. The topological polar surface area (TPSA) is 98.7 Å². The second-order valence-corrected chi connectivity index (χ2v) is 6.45. The number of aromatic nitrogens is 2. The largest absolute Gasteiger partial charge is 0.415 e. The minimum atomic E-state index is -0.448. The van der Waals surface area contributed by atoms with Gasteiger partial charge < -0.3 is 9.73 Å². The van der Waals surface area contributed by atoms with Crippen LogP contribution in [0.1, 0.15) is 37.4 Å². The smallest absolute Gasteiger partial charge is 0.274 e. The van der Waals surface area contributed by atoms with Gasteiger partial charge in [0.1, 0.15) is 6.04 Å². The normalized spacial score (nSPS) is 13.3. The average molecular weight is 374 g/mol. The minimum absolute atomic E-state index is 0.0174. The van der Waals surface area contributed by atoms with Crippen molar-refractivity contribution in [2.24, 2.45) is 0 Å². The van der Waals surface area contributed by atoms with E-state index in [0.29, 0.717) is 17.3 Å². The number of nitro groups is 1. The van der Waals surface area contributed by atoms with Crippen LogP contribution in [0.5, 0.6) is 0 Å². The van der Waals surface area contributed by atoms with Gasteiger partial charge in [-0.15, -0.1) is 10.2 Å². The maximum atomic E-state index is 10.7. The number of benzene rings is 2. The summed E-state index contributed by atoms with van der Waals surface area (Å²) in [6.45, 7) is 4.03. The number of rotatable bonds is 6. The molecule has 0 amide bonds. The molecule has 1 heterocycles. The highest BCUT2D eigenvalue weighted by atomic mass is 35.5. The highest BCUT2D eigenvalue weighted by molar-refractivity contribution is 6.31. The van der Waals surface area contributed by atoms with Crippen LogP contribution in [0.4, 0.5) is 5.69 Å². The molecule has 3 rings (SSSR count). The molecule has 0 saturated heterocycles. The van der Waals surface area contributed by atoms with Gasteiger partial charge in [0.05, 0.1) is 4.92 Å². The highest BCUT2D eigenvalue weighted by Crippen LogP contribution is 2.23. The standard InChI is InChI=1S/C18H17ClN4O3/c1-11(15-5-3-4-6-16(15)19)20-12(2)17-21-22-18(26-17)13-7-9-14(10-8-13)23(24)25/h3-12,20H,1-2H3/p+1/t11-,12-/m1/s1. The van der Waals surface area contributed by atoms with E-state index in [-0.39, 0.29) is 17.8 Å². The van der Waals surface area contributed by atoms with E-state index < -0.39 is 4.92 Å². The molecule has 26 heavy (non-hydrogen) atoms. The Bertz CT molecular complexity index is 911. The maximum Gasteiger partial charge on any atom is 0.274 e. The van der Waals surface area contributed by atoms with Crippen molar-refractivity contribution in [1.29, 1.82) is 0 Å². The molecule has 1 aromatic heterocycles. The summed E-state index contributed by atoms with van der Waals surface area (Å²) in [6, 6.07) is 13.8. The van der Waals surface area contributed by atoms with E-state index in [1.165, 1.54) is 12.1 Å². The lowest BCUT2D eigenvalue weighted by atomic mass is 10.1. The number of nitrogens with zero attached hydrogens (tertiary/aromatic N) is 3. The van der Waals surface area contributed by atoms with Crippen molar-refractivity contribution in [3.05, 3.63) is 75.1 Å². The molecule has 0 bridgehead atoms. The lowest BCUT2D eigenvalue weighted by Gasteiger charge is -2.15. The summed E-state index contributed by atoms with van der Waals surface area (Å²) in [6.07, 6.45) is 0. The molecule has 0 unspecified atom stereocenters. The summed E-state index contributed by atoms with van der Waals surface area (Å²) in [5, 5.41) is 21.7. The third-order valence-electron chi connectivity index (χ3n) is 4.13. The lowest BCUT2D eigenvalue weighted by Crippen LogP contribution is -2.85. The molecule has 0 aliphatic carbocycles. The summed E-state index contributed by atoms with van der Waals surface area (Å²) in [5.41, 5.74) is 1.69. The quantitative estimate of drug-likeness (QED) is 0.524. The number of non-ortho nitro benzene ring substituents is 1. The van der Waals surface area contributed by atoms with Gasteiger partial charge >= 0.3 is 0 Å². The van der Waals surface area contributed by atoms with Gasteiger partial charge in [-0.2, -0.15) is 0 Å². The highest BCUT2D eigenvalue weighted by Gasteiger charge is 2.22. The van der Waals surface area contributed by atoms with Crippen molar-refractivity contribution in [3.63, 3.8) is 0 Å². The molecule has 2 atom stereocenters. The molecule has 2 aromatic carbocycles. The van der Waals surface area contributed by atoms with Crippen molar-refractivity contribution >= 4 is 17.3 Å². The van der Waals surface area contributed by atoms with Crippen molar-refractivity contribution in [2.75, 3.05) is 0 Å². The monoisotopic (exact) mass is 373 g/mol. The molecule has 7 nitrogen and oxygen atoms in total. The first-order chi connectivity index (χ1) is 12.5. The van der Waals surface area contributed by atoms with Crippen LogP contribution in [0.15, 0.2) is 52.9 Å². The summed E-state index contributed by atoms with van der Waals surface area (Å²) < 4.78 is 5.74. The Labute approximate surface area is 155 Å². The summed E-state index contributed by atoms with van der Waals surface area (Å²) >= 11 is 6.25. The average Bonchev–Trinajstić information content (AvgIpc) is 3.12. The lowest BCUT2D eigenvalue weighted by molar-refractivity contribution is -0.730. The Morgan fingerprint density at radius 3 is 2.42 bits per heavy atom. The van der Waals surface area contributed by atoms with Gasteiger partial charge in [0.2, 0.25) is 5.89 Å². The van der Waals surface area contributed by atoms with Crippen LogP contribution < -0.4 is 5.32 Å². The number of hydrogen-bond acceptors (Lipinski definition) is 5. The van der Waals surface area contributed by atoms with E-state index >= 15 is 0 Å². The molecule has 0 radical (unpaired) electrons. The zero-order chi connectivity index (χ0) is 18.7. The van der Waals surface area contributed by atoms with Crippen molar-refractivity contribution in [1.82, 2.24) is 10.2 Å². The number of quaternary nitrogens is 1. The molecule has 134 valence electrons. The number of hydrogen-bond donors (Lipinski definition) is 1. The summed E-state index contributed by atoms with van der Waals surface area (Å²) in [5.74, 6) is 0.817. The summed E-state index contributed by atoms with van der Waals surface area (Å²) in [7, 11) is 0. The molecular formula is C18H18ClN4O3+. The first kappa shape index (κ1) is 18.0. The van der Waals surface area contributed by atoms with Gasteiger partial charge in [-0.25, -0.2) is 0 Å². The second-order valence-electron chi connectivity index (χ2n) is 6.04. The molecule has 3 aromatic rings. The van der Waals surface area contributed by atoms with Gasteiger partial charge in [-0.05, 0) is 32.0 Å². The molecule has 2 N–H and O–H groups in total. The van der Waals surface area contributed by atoms with Gasteiger partial charge in [0.15, 0.2) is 6.04 Å². The van der Waals surface area contributed by atoms with Crippen LogP contribution in [-0.4, -0.2) is 15.1 Å². The molecule has 0 aliphatic rings. The van der Waals surface area contributed by atoms with E-state index in [1.807, 2.05) is 31.2 Å². The first-order valence-electron chi connectivity index (χ1n) is 8.13. The van der Waals surface area contributed by atoms with Crippen LogP contribution in [0.25, 0.3) is 11.5 Å². The Balaban J connectivity index is 1.72. The fourth-order valence-corrected chi connectivity index (χ4v) is 3.03. The maximum absolute atomic E-state index is 10.7. The van der Waals surface area contributed by atoms with Crippen LogP contribution in [0, 0.1) is 10.1 Å². The van der Waals surface area contributed by atoms with Crippen LogP contribution in [0.3, 0.4) is 0 Å². The zero-order valence-electron chi connectivity index (χ0n) is 14.3. The van der Waals surface area contributed by atoms with Gasteiger partial charge in [0, 0.05) is 28.3 Å². The fourth-order valence-electron chi connectivity index (χ4n) is 2.72. The molecule has 0 spiro atoms. The van der Waals surface area contributed by atoms with Gasteiger partial charge in [-0.1, -0.05) is 29.8 Å². The number of halogens is 1. The third kappa shape index (κ3) is 3.89. The van der Waals surface area contributed by atoms with E-state index in [2.05, 4.69) is 22.4 Å². The molecule has 0 fully saturated rings. The predicted octanol–water partition coefficient (Wildman–Crippen LogP) is 3.68. The minimum Gasteiger partial charge on any atom is -0.415 e. The van der Waals surface area contributed by atoms with Gasteiger partial charge in [-0.3, -0.25) is 10.1 Å². The van der Waals surface area contributed by atoms with E-state index in [9.17, 15) is 10.1 Å². The molecule has 0 aliphatic heterocycles. The molecule has 0 saturated carbocycles. The van der Waals surface area contributed by atoms with Crippen molar-refractivity contribution in [2.45, 2.75) is 25.9 Å². The fraction of sp³-hybridized carbons (Fsp3) is 0.222. The van der Waals surface area contributed by atoms with E-state index in [4.69, 9.17) is 16.0 Å². The Morgan fingerprint density at radius 1 is 1.08 bits per heavy atom. The van der Waals surface area contributed by atoms with Crippen LogP contribution in [-0.2, 0) is 0 Å². The van der Waals surface area contributed by atoms with Crippen LogP contribution >= 0.6 is 11.6 Å². The molecule has 8 heteroatoms. The van der Waals surface area contributed by atoms with Crippen molar-refractivity contribution < 1.29 is 14.7 Å². The zero-order valence-corrected chi connectivity index (χ0v) is 15.1. The van der Waals surface area contributed by atoms with Gasteiger partial charge in [0.25, 0.3) is 11.6 Å². The van der Waals surface area contributed by atoms with Crippen molar-refractivity contribution in [3.8, 4) is 11.5 Å². The Hall–Kier alpha value is -2.77. The van der Waals surface area contributed by atoms with E-state index in [1.54, 1.807) is 12.1 Å². The van der Waals surface area contributed by atoms with Crippen LogP contribution in [0.2, 0.25) is 5.02 Å². The second kappa shape index (κ2) is 7.63. The van der Waals surface area contributed by atoms with E-state index in [0.717, 1.165) is 10.6 Å². The number of nitrogens with two attached hydrogens (primary N) is 1.